The zero-order valence-electron chi connectivity index (χ0n) is 15.7. The average Bonchev–Trinajstić information content (AvgIpc) is 2.66. The van der Waals surface area contributed by atoms with E-state index < -0.39 is 5.97 Å². The molecule has 2 aromatic rings. The number of ether oxygens (including phenoxy) is 2. The number of amides is 1. The van der Waals surface area contributed by atoms with Crippen LogP contribution in [0.2, 0.25) is 0 Å². The first-order valence-corrected chi connectivity index (χ1v) is 8.70. The molecule has 1 N–H and O–H groups in total. The Hall–Kier alpha value is -3.09. The molecule has 1 aromatic carbocycles. The van der Waals surface area contributed by atoms with E-state index in [0.29, 0.717) is 23.7 Å². The molecule has 0 saturated carbocycles. The van der Waals surface area contributed by atoms with Crippen LogP contribution in [0.5, 0.6) is 11.6 Å². The number of hydrogen-bond donors (Lipinski definition) is 1. The lowest BCUT2D eigenvalue weighted by Crippen LogP contribution is -2.26. The molecule has 1 unspecified atom stereocenters. The normalized spacial score (nSPS) is 11.5. The quantitative estimate of drug-likeness (QED) is 0.728. The van der Waals surface area contributed by atoms with Crippen LogP contribution in [0.3, 0.4) is 0 Å². The van der Waals surface area contributed by atoms with Crippen molar-refractivity contribution in [3.63, 3.8) is 0 Å². The molecule has 2 rings (SSSR count). The van der Waals surface area contributed by atoms with Crippen molar-refractivity contribution in [3.05, 3.63) is 53.7 Å². The number of hydrogen-bond acceptors (Lipinski definition) is 5. The zero-order chi connectivity index (χ0) is 19.8. The SMILES string of the molecule is CCC(C)Oc1cc(C(=O)N(C)Cc2ccc(OCC(=O)O)cc2)ccn1. The Kier molecular flexibility index (Phi) is 7.16. The van der Waals surface area contributed by atoms with Crippen LogP contribution in [0, 0.1) is 0 Å². The Morgan fingerprint density at radius 1 is 1.22 bits per heavy atom. The fourth-order valence-corrected chi connectivity index (χ4v) is 2.30. The Morgan fingerprint density at radius 3 is 2.56 bits per heavy atom. The number of nitrogens with zero attached hydrogens (tertiary/aromatic N) is 2. The van der Waals surface area contributed by atoms with Gasteiger partial charge in [0.2, 0.25) is 5.88 Å². The summed E-state index contributed by atoms with van der Waals surface area (Å²) in [5, 5.41) is 8.62. The molecule has 0 bridgehead atoms. The van der Waals surface area contributed by atoms with Crippen molar-refractivity contribution in [2.75, 3.05) is 13.7 Å². The van der Waals surface area contributed by atoms with Gasteiger partial charge in [0, 0.05) is 31.4 Å². The second-order valence-electron chi connectivity index (χ2n) is 6.21. The van der Waals surface area contributed by atoms with Crippen LogP contribution < -0.4 is 9.47 Å². The first-order chi connectivity index (χ1) is 12.9. The minimum Gasteiger partial charge on any atom is -0.482 e. The molecule has 1 amide bonds. The molecule has 1 aromatic heterocycles. The third-order valence-electron chi connectivity index (χ3n) is 3.93. The number of rotatable bonds is 9. The fraction of sp³-hybridized carbons (Fsp3) is 0.350. The number of carbonyl (C=O) groups is 2. The highest BCUT2D eigenvalue weighted by molar-refractivity contribution is 5.94. The van der Waals surface area contributed by atoms with Crippen LogP contribution in [0.25, 0.3) is 0 Å². The molecule has 0 radical (unpaired) electrons. The molecular formula is C20H24N2O5. The molecule has 144 valence electrons. The predicted octanol–water partition coefficient (Wildman–Crippen LogP) is 2.99. The lowest BCUT2D eigenvalue weighted by molar-refractivity contribution is -0.139. The summed E-state index contributed by atoms with van der Waals surface area (Å²) in [5.74, 6) is -0.268. The van der Waals surface area contributed by atoms with E-state index in [1.807, 2.05) is 13.8 Å². The number of aromatic nitrogens is 1. The number of carboxylic acid groups (broad SMARTS) is 1. The standard InChI is InChI=1S/C20H24N2O5/c1-4-14(2)27-18-11-16(9-10-21-18)20(25)22(3)12-15-5-7-17(8-6-15)26-13-19(23)24/h5-11,14H,4,12-13H2,1-3H3,(H,23,24). The summed E-state index contributed by atoms with van der Waals surface area (Å²) in [4.78, 5) is 28.9. The Morgan fingerprint density at radius 2 is 1.93 bits per heavy atom. The maximum atomic E-state index is 12.7. The third-order valence-corrected chi connectivity index (χ3v) is 3.93. The minimum absolute atomic E-state index is 0.0300. The van der Waals surface area contributed by atoms with Gasteiger partial charge in [-0.1, -0.05) is 19.1 Å². The molecule has 0 fully saturated rings. The van der Waals surface area contributed by atoms with Gasteiger partial charge in [0.05, 0.1) is 6.10 Å². The van der Waals surface area contributed by atoms with Crippen LogP contribution in [0.4, 0.5) is 0 Å². The van der Waals surface area contributed by atoms with E-state index in [0.717, 1.165) is 12.0 Å². The highest BCUT2D eigenvalue weighted by Gasteiger charge is 2.14. The first-order valence-electron chi connectivity index (χ1n) is 8.70. The highest BCUT2D eigenvalue weighted by atomic mass is 16.5. The van der Waals surface area contributed by atoms with Crippen LogP contribution in [-0.4, -0.2) is 46.6 Å². The first kappa shape index (κ1) is 20.2. The minimum atomic E-state index is -1.03. The van der Waals surface area contributed by atoms with E-state index in [1.165, 1.54) is 0 Å². The van der Waals surface area contributed by atoms with Gasteiger partial charge in [-0.15, -0.1) is 0 Å². The highest BCUT2D eigenvalue weighted by Crippen LogP contribution is 2.16. The summed E-state index contributed by atoms with van der Waals surface area (Å²) in [6.45, 7) is 3.99. The van der Waals surface area contributed by atoms with E-state index in [9.17, 15) is 9.59 Å². The van der Waals surface area contributed by atoms with E-state index in [1.54, 1.807) is 54.5 Å². The molecular weight excluding hydrogens is 348 g/mol. The summed E-state index contributed by atoms with van der Waals surface area (Å²) in [6.07, 6.45) is 2.45. The van der Waals surface area contributed by atoms with Gasteiger partial charge in [-0.3, -0.25) is 4.79 Å². The van der Waals surface area contributed by atoms with Crippen molar-refractivity contribution in [2.45, 2.75) is 32.9 Å². The molecule has 0 saturated heterocycles. The molecule has 7 nitrogen and oxygen atoms in total. The van der Waals surface area contributed by atoms with Crippen molar-refractivity contribution in [1.82, 2.24) is 9.88 Å². The van der Waals surface area contributed by atoms with Crippen molar-refractivity contribution in [2.24, 2.45) is 0 Å². The van der Waals surface area contributed by atoms with Gasteiger partial charge >= 0.3 is 5.97 Å². The van der Waals surface area contributed by atoms with Crippen molar-refractivity contribution in [1.29, 1.82) is 0 Å². The van der Waals surface area contributed by atoms with Crippen LogP contribution in [0.1, 0.15) is 36.2 Å². The van der Waals surface area contributed by atoms with E-state index in [-0.39, 0.29) is 18.6 Å². The molecule has 7 heteroatoms. The summed E-state index contributed by atoms with van der Waals surface area (Å²) >= 11 is 0. The molecule has 1 atom stereocenters. The van der Waals surface area contributed by atoms with Gasteiger partial charge in [-0.2, -0.15) is 0 Å². The van der Waals surface area contributed by atoms with E-state index in [4.69, 9.17) is 14.6 Å². The van der Waals surface area contributed by atoms with Gasteiger partial charge < -0.3 is 19.5 Å². The molecule has 27 heavy (non-hydrogen) atoms. The topological polar surface area (TPSA) is 89.0 Å². The Bertz CT molecular complexity index is 776. The molecule has 0 spiro atoms. The summed E-state index contributed by atoms with van der Waals surface area (Å²) in [6, 6.07) is 10.3. The Balaban J connectivity index is 1.99. The van der Waals surface area contributed by atoms with Crippen molar-refractivity contribution in [3.8, 4) is 11.6 Å². The van der Waals surface area contributed by atoms with E-state index >= 15 is 0 Å². The maximum Gasteiger partial charge on any atom is 0.341 e. The summed E-state index contributed by atoms with van der Waals surface area (Å²) in [7, 11) is 1.72. The van der Waals surface area contributed by atoms with Crippen molar-refractivity contribution < 1.29 is 24.2 Å². The number of pyridine rings is 1. The fourth-order valence-electron chi connectivity index (χ4n) is 2.30. The Labute approximate surface area is 158 Å². The number of carbonyl (C=O) groups excluding carboxylic acids is 1. The molecule has 0 aliphatic rings. The van der Waals surface area contributed by atoms with Crippen LogP contribution in [-0.2, 0) is 11.3 Å². The number of carboxylic acids is 1. The van der Waals surface area contributed by atoms with Gasteiger partial charge in [0.15, 0.2) is 6.61 Å². The number of benzene rings is 1. The summed E-state index contributed by atoms with van der Waals surface area (Å²) < 4.78 is 10.8. The van der Waals surface area contributed by atoms with Crippen LogP contribution in [0.15, 0.2) is 42.6 Å². The van der Waals surface area contributed by atoms with Crippen molar-refractivity contribution >= 4 is 11.9 Å². The van der Waals surface area contributed by atoms with Gasteiger partial charge in [-0.05, 0) is 37.1 Å². The van der Waals surface area contributed by atoms with Gasteiger partial charge in [0.1, 0.15) is 5.75 Å². The maximum absolute atomic E-state index is 12.7. The second kappa shape index (κ2) is 9.56. The smallest absolute Gasteiger partial charge is 0.341 e. The number of aliphatic carboxylic acids is 1. The van der Waals surface area contributed by atoms with Gasteiger partial charge in [-0.25, -0.2) is 9.78 Å². The van der Waals surface area contributed by atoms with Crippen LogP contribution >= 0.6 is 0 Å². The molecule has 0 aliphatic carbocycles. The second-order valence-corrected chi connectivity index (χ2v) is 6.21. The average molecular weight is 372 g/mol. The summed E-state index contributed by atoms with van der Waals surface area (Å²) in [5.41, 5.74) is 1.41. The third kappa shape index (κ3) is 6.29. The largest absolute Gasteiger partial charge is 0.482 e. The monoisotopic (exact) mass is 372 g/mol. The van der Waals surface area contributed by atoms with Gasteiger partial charge in [0.25, 0.3) is 5.91 Å². The molecule has 1 heterocycles. The molecule has 0 aliphatic heterocycles. The lowest BCUT2D eigenvalue weighted by atomic mass is 10.2. The van der Waals surface area contributed by atoms with E-state index in [2.05, 4.69) is 4.98 Å². The zero-order valence-corrected chi connectivity index (χ0v) is 15.7. The lowest BCUT2D eigenvalue weighted by Gasteiger charge is -2.18. The predicted molar refractivity (Wildman–Crippen MR) is 100.0 cm³/mol.